The van der Waals surface area contributed by atoms with Crippen molar-refractivity contribution in [3.63, 3.8) is 0 Å². The number of likely N-dealkylation sites (tertiary alicyclic amines) is 1. The summed E-state index contributed by atoms with van der Waals surface area (Å²) in [5.41, 5.74) is 9.31. The lowest BCUT2D eigenvalue weighted by Gasteiger charge is -2.34. The second kappa shape index (κ2) is 7.16. The summed E-state index contributed by atoms with van der Waals surface area (Å²) in [4.78, 5) is 6.57. The average Bonchev–Trinajstić information content (AvgIpc) is 2.64. The van der Waals surface area contributed by atoms with Gasteiger partial charge in [0, 0.05) is 28.2 Å². The standard InChI is InChI=1S/C22H25FN4/c1-14-6-5-7-18(23)22(14)15-10-16-13-25-20(24)12-17(16)19(11-15)26-21-8-3-4-9-27(21)2/h5-7,10-13,21,26H,3-4,8-9H2,1-2H3,(H2,24,25)/t21-/m0/s1. The number of aromatic nitrogens is 1. The van der Waals surface area contributed by atoms with Crippen LogP contribution in [0.3, 0.4) is 0 Å². The van der Waals surface area contributed by atoms with Crippen molar-refractivity contribution in [2.45, 2.75) is 32.4 Å². The first-order valence-electron chi connectivity index (χ1n) is 9.44. The number of fused-ring (bicyclic) bond motifs is 1. The molecular formula is C22H25FN4. The van der Waals surface area contributed by atoms with Crippen molar-refractivity contribution in [3.8, 4) is 11.1 Å². The molecule has 3 N–H and O–H groups in total. The van der Waals surface area contributed by atoms with Crippen molar-refractivity contribution in [3.05, 3.63) is 54.0 Å². The molecule has 140 valence electrons. The number of hydrogen-bond donors (Lipinski definition) is 2. The van der Waals surface area contributed by atoms with Crippen molar-refractivity contribution >= 4 is 22.3 Å². The van der Waals surface area contributed by atoms with Crippen LogP contribution in [0.1, 0.15) is 24.8 Å². The van der Waals surface area contributed by atoms with Gasteiger partial charge in [0.2, 0.25) is 0 Å². The van der Waals surface area contributed by atoms with Gasteiger partial charge in [-0.3, -0.25) is 4.90 Å². The zero-order valence-corrected chi connectivity index (χ0v) is 15.8. The van der Waals surface area contributed by atoms with Gasteiger partial charge in [-0.15, -0.1) is 0 Å². The van der Waals surface area contributed by atoms with E-state index in [4.69, 9.17) is 5.73 Å². The predicted molar refractivity (Wildman–Crippen MR) is 110 cm³/mol. The van der Waals surface area contributed by atoms with Crippen LogP contribution in [0.2, 0.25) is 0 Å². The number of nitrogens with zero attached hydrogens (tertiary/aromatic N) is 2. The summed E-state index contributed by atoms with van der Waals surface area (Å²) in [5, 5.41) is 5.63. The maximum Gasteiger partial charge on any atom is 0.131 e. The van der Waals surface area contributed by atoms with Gasteiger partial charge >= 0.3 is 0 Å². The number of aryl methyl sites for hydroxylation is 1. The lowest BCUT2D eigenvalue weighted by Crippen LogP contribution is -2.41. The van der Waals surface area contributed by atoms with Crippen LogP contribution < -0.4 is 11.1 Å². The molecule has 3 aromatic rings. The number of piperidine rings is 1. The predicted octanol–water partition coefficient (Wildman–Crippen LogP) is 4.79. The molecule has 4 rings (SSSR count). The maximum absolute atomic E-state index is 14.6. The number of rotatable bonds is 3. The second-order valence-corrected chi connectivity index (χ2v) is 7.42. The topological polar surface area (TPSA) is 54.2 Å². The molecule has 1 aromatic heterocycles. The van der Waals surface area contributed by atoms with E-state index in [1.165, 1.54) is 18.9 Å². The molecule has 0 saturated carbocycles. The van der Waals surface area contributed by atoms with Crippen molar-refractivity contribution < 1.29 is 4.39 Å². The Labute approximate surface area is 159 Å². The zero-order chi connectivity index (χ0) is 19.0. The third kappa shape index (κ3) is 3.47. The highest BCUT2D eigenvalue weighted by Crippen LogP contribution is 2.35. The molecule has 0 radical (unpaired) electrons. The Hall–Kier alpha value is -2.66. The van der Waals surface area contributed by atoms with Gasteiger partial charge in [-0.25, -0.2) is 9.37 Å². The van der Waals surface area contributed by atoms with E-state index in [9.17, 15) is 4.39 Å². The van der Waals surface area contributed by atoms with Crippen molar-refractivity contribution in [1.29, 1.82) is 0 Å². The number of benzene rings is 2. The van der Waals surface area contributed by atoms with E-state index in [0.29, 0.717) is 11.4 Å². The van der Waals surface area contributed by atoms with Gasteiger partial charge in [0.25, 0.3) is 0 Å². The summed E-state index contributed by atoms with van der Waals surface area (Å²) in [6, 6.07) is 11.1. The third-order valence-electron chi connectivity index (χ3n) is 5.46. The fourth-order valence-corrected chi connectivity index (χ4v) is 3.97. The number of nitrogens with one attached hydrogen (secondary N) is 1. The Morgan fingerprint density at radius 1 is 1.22 bits per heavy atom. The summed E-state index contributed by atoms with van der Waals surface area (Å²) in [7, 11) is 2.14. The highest BCUT2D eigenvalue weighted by atomic mass is 19.1. The van der Waals surface area contributed by atoms with E-state index in [1.807, 2.05) is 31.2 Å². The molecule has 2 heterocycles. The molecule has 1 aliphatic rings. The quantitative estimate of drug-likeness (QED) is 0.702. The molecule has 1 aliphatic heterocycles. The number of nitrogen functional groups attached to an aromatic ring is 1. The summed E-state index contributed by atoms with van der Waals surface area (Å²) < 4.78 is 14.6. The van der Waals surface area contributed by atoms with Crippen LogP contribution in [0.4, 0.5) is 15.9 Å². The minimum Gasteiger partial charge on any atom is -0.384 e. The number of nitrogens with two attached hydrogens (primary N) is 1. The molecule has 1 atom stereocenters. The van der Waals surface area contributed by atoms with E-state index in [2.05, 4.69) is 22.2 Å². The van der Waals surface area contributed by atoms with Gasteiger partial charge < -0.3 is 11.1 Å². The molecule has 2 aromatic carbocycles. The van der Waals surface area contributed by atoms with Gasteiger partial charge in [-0.2, -0.15) is 0 Å². The summed E-state index contributed by atoms with van der Waals surface area (Å²) >= 11 is 0. The number of hydrogen-bond acceptors (Lipinski definition) is 4. The summed E-state index contributed by atoms with van der Waals surface area (Å²) in [6.07, 6.45) is 5.53. The van der Waals surface area contributed by atoms with E-state index in [-0.39, 0.29) is 12.0 Å². The third-order valence-corrected chi connectivity index (χ3v) is 5.46. The SMILES string of the molecule is Cc1cccc(F)c1-c1cc(N[C@@H]2CCCCN2C)c2cc(N)ncc2c1. The molecule has 1 fully saturated rings. The van der Waals surface area contributed by atoms with Crippen molar-refractivity contribution in [2.75, 3.05) is 24.6 Å². The highest BCUT2D eigenvalue weighted by molar-refractivity contribution is 5.98. The zero-order valence-electron chi connectivity index (χ0n) is 15.8. The van der Waals surface area contributed by atoms with Gasteiger partial charge in [-0.05, 0) is 75.2 Å². The maximum atomic E-state index is 14.6. The molecule has 0 aliphatic carbocycles. The van der Waals surface area contributed by atoms with Crippen LogP contribution in [0.5, 0.6) is 0 Å². The first-order chi connectivity index (χ1) is 13.0. The number of halogens is 1. The smallest absolute Gasteiger partial charge is 0.131 e. The molecular weight excluding hydrogens is 339 g/mol. The van der Waals surface area contributed by atoms with Crippen LogP contribution in [-0.2, 0) is 0 Å². The average molecular weight is 364 g/mol. The molecule has 0 unspecified atom stereocenters. The minimum atomic E-state index is -0.210. The van der Waals surface area contributed by atoms with E-state index >= 15 is 0 Å². The second-order valence-electron chi connectivity index (χ2n) is 7.42. The Bertz CT molecular complexity index is 965. The Morgan fingerprint density at radius 2 is 2.07 bits per heavy atom. The Balaban J connectivity index is 1.86. The lowest BCUT2D eigenvalue weighted by atomic mass is 9.96. The molecule has 1 saturated heterocycles. The monoisotopic (exact) mass is 364 g/mol. The molecule has 0 amide bonds. The van der Waals surface area contributed by atoms with E-state index in [0.717, 1.165) is 40.6 Å². The molecule has 4 nitrogen and oxygen atoms in total. The van der Waals surface area contributed by atoms with Gasteiger partial charge in [-0.1, -0.05) is 12.1 Å². The Kier molecular flexibility index (Phi) is 4.70. The first kappa shape index (κ1) is 17.7. The molecule has 27 heavy (non-hydrogen) atoms. The summed E-state index contributed by atoms with van der Waals surface area (Å²) in [6.45, 7) is 3.01. The van der Waals surface area contributed by atoms with E-state index < -0.39 is 0 Å². The van der Waals surface area contributed by atoms with Gasteiger partial charge in [0.1, 0.15) is 11.6 Å². The Morgan fingerprint density at radius 3 is 2.85 bits per heavy atom. The first-order valence-corrected chi connectivity index (χ1v) is 9.44. The number of pyridine rings is 1. The van der Waals surface area contributed by atoms with Crippen molar-refractivity contribution in [1.82, 2.24) is 9.88 Å². The van der Waals surface area contributed by atoms with Crippen LogP contribution in [0.25, 0.3) is 21.9 Å². The molecule has 0 bridgehead atoms. The molecule has 0 spiro atoms. The van der Waals surface area contributed by atoms with Crippen LogP contribution >= 0.6 is 0 Å². The van der Waals surface area contributed by atoms with E-state index in [1.54, 1.807) is 12.3 Å². The number of anilines is 2. The van der Waals surface area contributed by atoms with Crippen LogP contribution in [-0.4, -0.2) is 29.6 Å². The fraction of sp³-hybridized carbons (Fsp3) is 0.318. The van der Waals surface area contributed by atoms with Gasteiger partial charge in [0.15, 0.2) is 0 Å². The van der Waals surface area contributed by atoms with Crippen LogP contribution in [0.15, 0.2) is 42.6 Å². The van der Waals surface area contributed by atoms with Crippen LogP contribution in [0, 0.1) is 12.7 Å². The molecule has 5 heteroatoms. The normalized spacial score (nSPS) is 18.0. The van der Waals surface area contributed by atoms with Crippen molar-refractivity contribution in [2.24, 2.45) is 0 Å². The summed E-state index contributed by atoms with van der Waals surface area (Å²) in [5.74, 6) is 0.274. The minimum absolute atomic E-state index is 0.210. The highest BCUT2D eigenvalue weighted by Gasteiger charge is 2.20. The lowest BCUT2D eigenvalue weighted by molar-refractivity contribution is 0.207. The fourth-order valence-electron chi connectivity index (χ4n) is 3.97. The van der Waals surface area contributed by atoms with Gasteiger partial charge in [0.05, 0.1) is 6.17 Å². The largest absolute Gasteiger partial charge is 0.384 e.